The smallest absolute Gasteiger partial charge is 0.135 e. The molecule has 0 amide bonds. The average molecular weight is 546 g/mol. The van der Waals surface area contributed by atoms with Gasteiger partial charge >= 0.3 is 0 Å². The van der Waals surface area contributed by atoms with Crippen LogP contribution in [-0.4, -0.2) is 10.2 Å². The second-order valence-corrected chi connectivity index (χ2v) is 7.34. The van der Waals surface area contributed by atoms with Gasteiger partial charge in [0.15, 0.2) is 0 Å². The van der Waals surface area contributed by atoms with Crippen LogP contribution in [0.1, 0.15) is 18.9 Å². The molecule has 2 aromatic carbocycles. The van der Waals surface area contributed by atoms with Crippen LogP contribution in [0.15, 0.2) is 48.2 Å². The van der Waals surface area contributed by atoms with E-state index in [2.05, 4.69) is 70.6 Å². The van der Waals surface area contributed by atoms with Crippen LogP contribution >= 0.6 is 63.7 Å². The van der Waals surface area contributed by atoms with Crippen LogP contribution in [-0.2, 0) is 6.42 Å². The van der Waals surface area contributed by atoms with Crippen LogP contribution in [0.3, 0.4) is 0 Å². The summed E-state index contributed by atoms with van der Waals surface area (Å²) >= 11 is 13.6. The second kappa shape index (κ2) is 9.18. The highest BCUT2D eigenvalue weighted by atomic mass is 79.9. The molecule has 0 spiro atoms. The summed E-state index contributed by atoms with van der Waals surface area (Å²) in [5.74, 6) is 0.622. The fourth-order valence-electron chi connectivity index (χ4n) is 1.57. The van der Waals surface area contributed by atoms with Gasteiger partial charge in [0.2, 0.25) is 0 Å². The van der Waals surface area contributed by atoms with E-state index in [0.717, 1.165) is 31.8 Å². The van der Waals surface area contributed by atoms with Crippen molar-refractivity contribution in [3.8, 4) is 11.5 Å². The number of aromatic hydroxyl groups is 2. The van der Waals surface area contributed by atoms with Crippen LogP contribution in [0, 0.1) is 0 Å². The molecule has 2 aromatic rings. The zero-order valence-electron chi connectivity index (χ0n) is 11.2. The van der Waals surface area contributed by atoms with Crippen LogP contribution in [0.4, 0.5) is 0 Å². The van der Waals surface area contributed by atoms with Gasteiger partial charge in [0.1, 0.15) is 11.5 Å². The van der Waals surface area contributed by atoms with Crippen LogP contribution < -0.4 is 0 Å². The first kappa shape index (κ1) is 19.0. The van der Waals surface area contributed by atoms with E-state index in [9.17, 15) is 5.11 Å². The Morgan fingerprint density at radius 2 is 1.33 bits per heavy atom. The minimum atomic E-state index is 0.300. The zero-order chi connectivity index (χ0) is 16.0. The molecular weight excluding hydrogens is 532 g/mol. The molecule has 0 aliphatic carbocycles. The highest BCUT2D eigenvalue weighted by Crippen LogP contribution is 2.45. The lowest BCUT2D eigenvalue weighted by molar-refractivity contribution is 0.463. The normalized spacial score (nSPS) is 9.95. The van der Waals surface area contributed by atoms with E-state index >= 15 is 0 Å². The Labute approximate surface area is 158 Å². The molecule has 114 valence electrons. The van der Waals surface area contributed by atoms with Crippen LogP contribution in [0.5, 0.6) is 11.5 Å². The Balaban J connectivity index is 0.000000262. The maximum absolute atomic E-state index is 9.89. The van der Waals surface area contributed by atoms with Gasteiger partial charge in [-0.2, -0.15) is 0 Å². The summed E-state index contributed by atoms with van der Waals surface area (Å²) < 4.78 is 3.34. The highest BCUT2D eigenvalue weighted by Gasteiger charge is 2.17. The summed E-state index contributed by atoms with van der Waals surface area (Å²) in [5.41, 5.74) is 0.925. The molecule has 0 saturated heterocycles. The van der Waals surface area contributed by atoms with Crippen molar-refractivity contribution in [3.05, 3.63) is 53.8 Å². The second-order valence-electron chi connectivity index (χ2n) is 4.17. The Morgan fingerprint density at radius 1 is 0.810 bits per heavy atom. The molecule has 0 saturated carbocycles. The first-order chi connectivity index (χ1) is 9.90. The number of halogens is 4. The van der Waals surface area contributed by atoms with Crippen molar-refractivity contribution in [1.82, 2.24) is 0 Å². The van der Waals surface area contributed by atoms with E-state index in [1.807, 2.05) is 6.07 Å². The number of hydrogen-bond acceptors (Lipinski definition) is 2. The van der Waals surface area contributed by atoms with Gasteiger partial charge in [-0.15, -0.1) is 0 Å². The summed E-state index contributed by atoms with van der Waals surface area (Å²) in [5, 5.41) is 18.5. The van der Waals surface area contributed by atoms with Gasteiger partial charge in [-0.25, -0.2) is 0 Å². The monoisotopic (exact) mass is 542 g/mol. The van der Waals surface area contributed by atoms with Gasteiger partial charge in [0.25, 0.3) is 0 Å². The van der Waals surface area contributed by atoms with Gasteiger partial charge in [0.05, 0.1) is 8.95 Å². The Bertz CT molecular complexity index is 571. The molecule has 21 heavy (non-hydrogen) atoms. The molecular formula is C15H14Br4O2. The molecule has 2 rings (SSSR count). The van der Waals surface area contributed by atoms with Gasteiger partial charge in [0, 0.05) is 14.5 Å². The third-order valence-electron chi connectivity index (χ3n) is 2.59. The van der Waals surface area contributed by atoms with E-state index in [0.29, 0.717) is 16.0 Å². The number of phenols is 2. The average Bonchev–Trinajstić information content (AvgIpc) is 2.49. The molecule has 2 N–H and O–H groups in total. The van der Waals surface area contributed by atoms with E-state index in [1.165, 1.54) is 0 Å². The predicted octanol–water partition coefficient (Wildman–Crippen LogP) is 6.79. The molecule has 0 bridgehead atoms. The first-order valence-electron chi connectivity index (χ1n) is 6.17. The predicted molar refractivity (Wildman–Crippen MR) is 101 cm³/mol. The molecule has 6 heteroatoms. The summed E-state index contributed by atoms with van der Waals surface area (Å²) in [7, 11) is 0. The van der Waals surface area contributed by atoms with Crippen molar-refractivity contribution in [2.24, 2.45) is 0 Å². The van der Waals surface area contributed by atoms with E-state index in [-0.39, 0.29) is 0 Å². The van der Waals surface area contributed by atoms with E-state index < -0.39 is 0 Å². The molecule has 0 unspecified atom stereocenters. The third kappa shape index (κ3) is 5.27. The van der Waals surface area contributed by atoms with E-state index in [4.69, 9.17) is 5.11 Å². The lowest BCUT2D eigenvalue weighted by atomic mass is 10.1. The summed E-state index contributed by atoms with van der Waals surface area (Å²) in [4.78, 5) is 0. The molecule has 0 fully saturated rings. The number of rotatable bonds is 2. The number of para-hydroxylation sites is 1. The Hall–Kier alpha value is -0.0400. The molecule has 2 nitrogen and oxygen atoms in total. The first-order valence-corrected chi connectivity index (χ1v) is 9.35. The SMILES string of the molecule is CCCc1c(O)c(Br)c(Br)c(Br)c1Br.Oc1ccccc1. The summed E-state index contributed by atoms with van der Waals surface area (Å²) in [6.07, 6.45) is 1.84. The maximum atomic E-state index is 9.89. The fourth-order valence-corrected chi connectivity index (χ4v) is 3.95. The van der Waals surface area contributed by atoms with Crippen molar-refractivity contribution < 1.29 is 10.2 Å². The Kier molecular flexibility index (Phi) is 8.31. The molecule has 0 radical (unpaired) electrons. The third-order valence-corrected chi connectivity index (χ3v) is 7.42. The van der Waals surface area contributed by atoms with Crippen LogP contribution in [0.2, 0.25) is 0 Å². The quantitative estimate of drug-likeness (QED) is 0.322. The van der Waals surface area contributed by atoms with Crippen LogP contribution in [0.25, 0.3) is 0 Å². The molecule has 0 atom stereocenters. The van der Waals surface area contributed by atoms with Gasteiger partial charge < -0.3 is 10.2 Å². The van der Waals surface area contributed by atoms with Gasteiger partial charge in [-0.05, 0) is 82.3 Å². The highest BCUT2D eigenvalue weighted by molar-refractivity contribution is 9.15. The maximum Gasteiger partial charge on any atom is 0.135 e. The molecule has 0 heterocycles. The standard InChI is InChI=1S/C9H8Br4O.C6H6O/c1-2-3-4-5(10)6(11)7(12)8(13)9(4)14;7-6-4-2-1-3-5-6/h14H,2-3H2,1H3;1-5,7H. The fraction of sp³-hybridized carbons (Fsp3) is 0.200. The Morgan fingerprint density at radius 3 is 1.76 bits per heavy atom. The van der Waals surface area contributed by atoms with Crippen molar-refractivity contribution in [3.63, 3.8) is 0 Å². The molecule has 0 aromatic heterocycles. The minimum Gasteiger partial charge on any atom is -0.508 e. The lowest BCUT2D eigenvalue weighted by Gasteiger charge is -2.12. The largest absolute Gasteiger partial charge is 0.508 e. The van der Waals surface area contributed by atoms with Gasteiger partial charge in [-0.3, -0.25) is 0 Å². The molecule has 0 aliphatic heterocycles. The molecule has 0 aliphatic rings. The topological polar surface area (TPSA) is 40.5 Å². The van der Waals surface area contributed by atoms with Crippen molar-refractivity contribution in [1.29, 1.82) is 0 Å². The van der Waals surface area contributed by atoms with Crippen molar-refractivity contribution in [2.75, 3.05) is 0 Å². The number of phenolic OH excluding ortho intramolecular Hbond substituents is 2. The lowest BCUT2D eigenvalue weighted by Crippen LogP contribution is -1.90. The summed E-state index contributed by atoms with van der Waals surface area (Å²) in [6, 6.07) is 8.71. The summed E-state index contributed by atoms with van der Waals surface area (Å²) in [6.45, 7) is 2.08. The van der Waals surface area contributed by atoms with E-state index in [1.54, 1.807) is 24.3 Å². The van der Waals surface area contributed by atoms with Crippen molar-refractivity contribution >= 4 is 63.7 Å². The van der Waals surface area contributed by atoms with Crippen molar-refractivity contribution in [2.45, 2.75) is 19.8 Å². The minimum absolute atomic E-state index is 0.300. The van der Waals surface area contributed by atoms with Gasteiger partial charge in [-0.1, -0.05) is 31.5 Å². The number of benzene rings is 2. The number of hydrogen-bond donors (Lipinski definition) is 2. The zero-order valence-corrected chi connectivity index (χ0v) is 17.6.